The number of aromatic nitrogens is 5. The van der Waals surface area contributed by atoms with Gasteiger partial charge in [-0.05, 0) is 62.6 Å². The molecule has 1 saturated carbocycles. The summed E-state index contributed by atoms with van der Waals surface area (Å²) in [5.41, 5.74) is 2.89. The van der Waals surface area contributed by atoms with E-state index in [0.29, 0.717) is 54.4 Å². The fourth-order valence-corrected chi connectivity index (χ4v) is 5.28. The van der Waals surface area contributed by atoms with Gasteiger partial charge in [0.25, 0.3) is 5.91 Å². The normalized spacial score (nSPS) is 18.1. The van der Waals surface area contributed by atoms with Gasteiger partial charge in [0.2, 0.25) is 11.9 Å². The highest BCUT2D eigenvalue weighted by molar-refractivity contribution is 6.00. The third-order valence-electron chi connectivity index (χ3n) is 7.51. The molecule has 210 valence electrons. The SMILES string of the molecule is CCc1[nH]nc(C)c1-c1ccc(NC(=O)[C@@H](NC(=O)c2ccnn2CCCOC)[C@H]2CC[C@H](C)CC2)nc1F. The monoisotopic (exact) mass is 539 g/mol. The van der Waals surface area contributed by atoms with Gasteiger partial charge in [-0.15, -0.1) is 0 Å². The van der Waals surface area contributed by atoms with E-state index in [1.54, 1.807) is 36.2 Å². The van der Waals surface area contributed by atoms with Crippen molar-refractivity contribution in [3.05, 3.63) is 47.4 Å². The molecule has 0 aromatic carbocycles. The number of carbonyl (C=O) groups excluding carboxylic acids is 2. The van der Waals surface area contributed by atoms with E-state index in [4.69, 9.17) is 4.74 Å². The topological polar surface area (TPSA) is 127 Å². The Kier molecular flexibility index (Phi) is 9.45. The van der Waals surface area contributed by atoms with Gasteiger partial charge >= 0.3 is 0 Å². The molecular weight excluding hydrogens is 501 g/mol. The first-order valence-electron chi connectivity index (χ1n) is 13.7. The van der Waals surface area contributed by atoms with Crippen LogP contribution in [-0.4, -0.2) is 56.5 Å². The zero-order valence-corrected chi connectivity index (χ0v) is 23.1. The minimum atomic E-state index is -0.792. The van der Waals surface area contributed by atoms with Gasteiger partial charge in [-0.1, -0.05) is 26.7 Å². The van der Waals surface area contributed by atoms with Crippen molar-refractivity contribution in [1.82, 2.24) is 30.3 Å². The van der Waals surface area contributed by atoms with Crippen molar-refractivity contribution in [1.29, 1.82) is 0 Å². The lowest BCUT2D eigenvalue weighted by Gasteiger charge is -2.32. The largest absolute Gasteiger partial charge is 0.385 e. The molecule has 1 fully saturated rings. The van der Waals surface area contributed by atoms with Gasteiger partial charge in [0, 0.05) is 43.3 Å². The summed E-state index contributed by atoms with van der Waals surface area (Å²) >= 11 is 0. The van der Waals surface area contributed by atoms with Crippen LogP contribution in [0.2, 0.25) is 0 Å². The Labute approximate surface area is 228 Å². The number of amides is 2. The van der Waals surface area contributed by atoms with Crippen LogP contribution in [-0.2, 0) is 22.5 Å². The fourth-order valence-electron chi connectivity index (χ4n) is 5.28. The molecule has 0 unspecified atom stereocenters. The molecule has 0 bridgehead atoms. The lowest BCUT2D eigenvalue weighted by Crippen LogP contribution is -2.49. The maximum absolute atomic E-state index is 15.1. The summed E-state index contributed by atoms with van der Waals surface area (Å²) in [6.45, 7) is 7.04. The minimum absolute atomic E-state index is 0.0418. The van der Waals surface area contributed by atoms with Gasteiger partial charge in [-0.25, -0.2) is 4.98 Å². The van der Waals surface area contributed by atoms with Crippen molar-refractivity contribution in [3.8, 4) is 11.1 Å². The number of aromatic amines is 1. The number of ether oxygens (including phenoxy) is 1. The average molecular weight is 540 g/mol. The van der Waals surface area contributed by atoms with Crippen LogP contribution >= 0.6 is 0 Å². The number of H-pyrrole nitrogens is 1. The zero-order chi connectivity index (χ0) is 27.9. The number of nitrogens with one attached hydrogen (secondary N) is 3. The summed E-state index contributed by atoms with van der Waals surface area (Å²) in [5.74, 6) is -0.861. The van der Waals surface area contributed by atoms with Crippen molar-refractivity contribution < 1.29 is 18.7 Å². The van der Waals surface area contributed by atoms with Gasteiger partial charge in [0.15, 0.2) is 0 Å². The Hall–Kier alpha value is -3.60. The fraction of sp³-hybridized carbons (Fsp3) is 0.536. The predicted octanol–water partition coefficient (Wildman–Crippen LogP) is 4.28. The molecule has 3 heterocycles. The zero-order valence-electron chi connectivity index (χ0n) is 23.1. The molecule has 11 heteroatoms. The highest BCUT2D eigenvalue weighted by atomic mass is 19.1. The second-order valence-electron chi connectivity index (χ2n) is 10.3. The molecule has 3 aromatic heterocycles. The number of pyridine rings is 1. The molecule has 1 aliphatic carbocycles. The number of anilines is 1. The average Bonchev–Trinajstić information content (AvgIpc) is 3.54. The highest BCUT2D eigenvalue weighted by Gasteiger charge is 2.33. The highest BCUT2D eigenvalue weighted by Crippen LogP contribution is 2.32. The van der Waals surface area contributed by atoms with Crippen molar-refractivity contribution in [3.63, 3.8) is 0 Å². The molecule has 2 amide bonds. The smallest absolute Gasteiger partial charge is 0.270 e. The van der Waals surface area contributed by atoms with Crippen molar-refractivity contribution in [2.45, 2.75) is 71.9 Å². The van der Waals surface area contributed by atoms with Crippen molar-refractivity contribution in [2.24, 2.45) is 11.8 Å². The van der Waals surface area contributed by atoms with Crippen molar-refractivity contribution >= 4 is 17.6 Å². The van der Waals surface area contributed by atoms with E-state index in [1.165, 1.54) is 0 Å². The molecule has 10 nitrogen and oxygen atoms in total. The number of nitrogens with zero attached hydrogens (tertiary/aromatic N) is 4. The van der Waals surface area contributed by atoms with Gasteiger partial charge in [0.1, 0.15) is 17.6 Å². The van der Waals surface area contributed by atoms with E-state index in [2.05, 4.69) is 37.8 Å². The summed E-state index contributed by atoms with van der Waals surface area (Å²) in [6, 6.07) is 4.02. The van der Waals surface area contributed by atoms with Crippen LogP contribution in [0.4, 0.5) is 10.2 Å². The lowest BCUT2D eigenvalue weighted by molar-refractivity contribution is -0.119. The standard InChI is InChI=1S/C28H38FN7O3/c1-5-21-24(18(3)34-35-21)20-11-12-23(31-26(20)29)32-28(38)25(19-9-7-17(2)8-10-19)33-27(37)22-13-14-30-36(22)15-6-16-39-4/h11-14,17,19,25H,5-10,15-16H2,1-4H3,(H,33,37)(H,34,35)(H,31,32,38)/t17-,19-,25-/m0/s1. The van der Waals surface area contributed by atoms with Crippen LogP contribution in [0.15, 0.2) is 24.4 Å². The molecule has 1 atom stereocenters. The molecule has 3 aromatic rings. The Balaban J connectivity index is 1.52. The van der Waals surface area contributed by atoms with E-state index in [9.17, 15) is 9.59 Å². The van der Waals surface area contributed by atoms with Crippen LogP contribution in [0, 0.1) is 24.7 Å². The Morgan fingerprint density at radius 3 is 2.69 bits per heavy atom. The van der Waals surface area contributed by atoms with Gasteiger partial charge in [-0.2, -0.15) is 14.6 Å². The van der Waals surface area contributed by atoms with Crippen LogP contribution in [0.25, 0.3) is 11.1 Å². The van der Waals surface area contributed by atoms with E-state index >= 15 is 4.39 Å². The van der Waals surface area contributed by atoms with Crippen LogP contribution in [0.1, 0.15) is 67.8 Å². The van der Waals surface area contributed by atoms with E-state index in [1.807, 2.05) is 13.8 Å². The molecule has 0 spiro atoms. The summed E-state index contributed by atoms with van der Waals surface area (Å²) < 4.78 is 21.9. The Bertz CT molecular complexity index is 1280. The number of hydrogen-bond donors (Lipinski definition) is 3. The summed E-state index contributed by atoms with van der Waals surface area (Å²) in [6.07, 6.45) is 6.52. The number of carbonyl (C=O) groups is 2. The van der Waals surface area contributed by atoms with E-state index in [0.717, 1.165) is 31.4 Å². The van der Waals surface area contributed by atoms with Crippen molar-refractivity contribution in [2.75, 3.05) is 19.0 Å². The minimum Gasteiger partial charge on any atom is -0.385 e. The van der Waals surface area contributed by atoms with Crippen LogP contribution in [0.5, 0.6) is 0 Å². The third kappa shape index (κ3) is 6.70. The third-order valence-corrected chi connectivity index (χ3v) is 7.51. The number of aryl methyl sites for hydroxylation is 3. The molecule has 0 saturated heterocycles. The van der Waals surface area contributed by atoms with Gasteiger partial charge in [-0.3, -0.25) is 19.4 Å². The molecule has 1 aliphatic rings. The molecular formula is C28H38FN7O3. The Morgan fingerprint density at radius 1 is 1.23 bits per heavy atom. The summed E-state index contributed by atoms with van der Waals surface area (Å²) in [4.78, 5) is 30.9. The first-order valence-corrected chi connectivity index (χ1v) is 13.7. The van der Waals surface area contributed by atoms with Gasteiger partial charge in [0.05, 0.1) is 5.69 Å². The number of halogens is 1. The maximum Gasteiger partial charge on any atom is 0.270 e. The maximum atomic E-state index is 15.1. The number of hydrogen-bond acceptors (Lipinski definition) is 6. The van der Waals surface area contributed by atoms with Crippen LogP contribution < -0.4 is 10.6 Å². The second kappa shape index (κ2) is 13.0. The molecule has 0 radical (unpaired) electrons. The molecule has 4 rings (SSSR count). The summed E-state index contributed by atoms with van der Waals surface area (Å²) in [5, 5.41) is 17.1. The number of methoxy groups -OCH3 is 1. The van der Waals surface area contributed by atoms with E-state index in [-0.39, 0.29) is 17.6 Å². The molecule has 39 heavy (non-hydrogen) atoms. The summed E-state index contributed by atoms with van der Waals surface area (Å²) in [7, 11) is 1.63. The molecule has 0 aliphatic heterocycles. The second-order valence-corrected chi connectivity index (χ2v) is 10.3. The molecule has 3 N–H and O–H groups in total. The van der Waals surface area contributed by atoms with Gasteiger partial charge < -0.3 is 15.4 Å². The van der Waals surface area contributed by atoms with Crippen LogP contribution in [0.3, 0.4) is 0 Å². The first-order chi connectivity index (χ1) is 18.8. The number of rotatable bonds is 11. The van der Waals surface area contributed by atoms with E-state index < -0.39 is 17.9 Å². The lowest BCUT2D eigenvalue weighted by atomic mass is 9.79. The first kappa shape index (κ1) is 28.4. The predicted molar refractivity (Wildman–Crippen MR) is 146 cm³/mol. The Morgan fingerprint density at radius 2 is 2.00 bits per heavy atom. The quantitative estimate of drug-likeness (QED) is 0.247.